The van der Waals surface area contributed by atoms with E-state index in [0.717, 1.165) is 5.69 Å². The van der Waals surface area contributed by atoms with E-state index in [-0.39, 0.29) is 23.5 Å². The number of amidine groups is 1. The number of aromatic nitrogens is 3. The van der Waals surface area contributed by atoms with Crippen LogP contribution in [-0.4, -0.2) is 25.4 Å². The fraction of sp³-hybridized carbons (Fsp3) is 0.308. The molecule has 2 heterocycles. The van der Waals surface area contributed by atoms with Crippen molar-refractivity contribution in [2.45, 2.75) is 26.9 Å². The highest BCUT2D eigenvalue weighted by Crippen LogP contribution is 2.20. The van der Waals surface area contributed by atoms with Gasteiger partial charge >= 0.3 is 0 Å². The van der Waals surface area contributed by atoms with Crippen LogP contribution >= 0.6 is 11.6 Å². The first-order chi connectivity index (χ1) is 9.99. The lowest BCUT2D eigenvalue weighted by atomic mass is 10.2. The van der Waals surface area contributed by atoms with Crippen molar-refractivity contribution >= 4 is 17.4 Å². The Morgan fingerprint density at radius 3 is 2.90 bits per heavy atom. The molecule has 0 bridgehead atoms. The lowest BCUT2D eigenvalue weighted by molar-refractivity contribution is 0.318. The van der Waals surface area contributed by atoms with E-state index in [4.69, 9.17) is 22.5 Å². The molecule has 0 saturated heterocycles. The van der Waals surface area contributed by atoms with Crippen LogP contribution in [-0.2, 0) is 13.1 Å². The number of oxime groups is 1. The lowest BCUT2D eigenvalue weighted by Crippen LogP contribution is -2.30. The van der Waals surface area contributed by atoms with Gasteiger partial charge in [-0.1, -0.05) is 16.8 Å². The number of aryl methyl sites for hydroxylation is 2. The van der Waals surface area contributed by atoms with Gasteiger partial charge in [-0.05, 0) is 26.0 Å². The minimum Gasteiger partial charge on any atom is -0.409 e. The third-order valence-electron chi connectivity index (χ3n) is 3.18. The molecular formula is C13H16ClN5O2. The van der Waals surface area contributed by atoms with E-state index in [1.165, 1.54) is 10.6 Å². The summed E-state index contributed by atoms with van der Waals surface area (Å²) in [6, 6.07) is 3.15. The van der Waals surface area contributed by atoms with Gasteiger partial charge in [0.2, 0.25) is 0 Å². The summed E-state index contributed by atoms with van der Waals surface area (Å²) in [5.41, 5.74) is 6.73. The maximum atomic E-state index is 12.3. The Hall–Kier alpha value is -2.28. The smallest absolute Gasteiger partial charge is 0.262 e. The monoisotopic (exact) mass is 309 g/mol. The highest BCUT2D eigenvalue weighted by atomic mass is 35.5. The van der Waals surface area contributed by atoms with Crippen LogP contribution in [0.5, 0.6) is 0 Å². The van der Waals surface area contributed by atoms with Gasteiger partial charge in [-0.25, -0.2) is 0 Å². The molecule has 7 nitrogen and oxygen atoms in total. The standard InChI is InChI=1S/C13H16ClN5O2/c1-3-19-10(11(14)8(2)16-19)7-18-6-4-5-9(13(18)20)12(15)17-21/h4-6,21H,3,7H2,1-2H3,(H2,15,17). The van der Waals surface area contributed by atoms with E-state index >= 15 is 0 Å². The van der Waals surface area contributed by atoms with Crippen LogP contribution in [0.2, 0.25) is 5.02 Å². The molecule has 8 heteroatoms. The van der Waals surface area contributed by atoms with Gasteiger partial charge < -0.3 is 15.5 Å². The van der Waals surface area contributed by atoms with E-state index in [9.17, 15) is 4.79 Å². The van der Waals surface area contributed by atoms with Crippen molar-refractivity contribution in [3.63, 3.8) is 0 Å². The molecule has 2 aromatic rings. The molecule has 0 amide bonds. The predicted molar refractivity (Wildman–Crippen MR) is 80.0 cm³/mol. The van der Waals surface area contributed by atoms with E-state index < -0.39 is 0 Å². The lowest BCUT2D eigenvalue weighted by Gasteiger charge is -2.09. The minimum atomic E-state index is -0.356. The highest BCUT2D eigenvalue weighted by Gasteiger charge is 2.15. The molecule has 0 spiro atoms. The average molecular weight is 310 g/mol. The summed E-state index contributed by atoms with van der Waals surface area (Å²) >= 11 is 6.24. The van der Waals surface area contributed by atoms with Crippen molar-refractivity contribution in [2.75, 3.05) is 0 Å². The molecule has 21 heavy (non-hydrogen) atoms. The minimum absolute atomic E-state index is 0.135. The molecule has 2 aromatic heterocycles. The zero-order chi connectivity index (χ0) is 15.6. The fourth-order valence-electron chi connectivity index (χ4n) is 2.09. The van der Waals surface area contributed by atoms with Gasteiger partial charge in [0.15, 0.2) is 5.84 Å². The molecule has 0 aliphatic heterocycles. The van der Waals surface area contributed by atoms with Crippen LogP contribution in [0.1, 0.15) is 23.9 Å². The maximum absolute atomic E-state index is 12.3. The third kappa shape index (κ3) is 2.78. The van der Waals surface area contributed by atoms with E-state index in [1.54, 1.807) is 16.9 Å². The molecule has 0 atom stereocenters. The van der Waals surface area contributed by atoms with Crippen molar-refractivity contribution in [2.24, 2.45) is 10.9 Å². The van der Waals surface area contributed by atoms with Crippen LogP contribution in [0.3, 0.4) is 0 Å². The van der Waals surface area contributed by atoms with Crippen molar-refractivity contribution < 1.29 is 5.21 Å². The van der Waals surface area contributed by atoms with E-state index in [1.807, 2.05) is 13.8 Å². The van der Waals surface area contributed by atoms with Gasteiger partial charge in [-0.2, -0.15) is 5.10 Å². The Balaban J connectivity index is 2.49. The largest absolute Gasteiger partial charge is 0.409 e. The second-order valence-corrected chi connectivity index (χ2v) is 4.88. The van der Waals surface area contributed by atoms with Gasteiger partial charge in [0, 0.05) is 12.7 Å². The van der Waals surface area contributed by atoms with Crippen molar-refractivity contribution in [1.82, 2.24) is 14.3 Å². The summed E-state index contributed by atoms with van der Waals surface area (Å²) in [7, 11) is 0. The molecule has 2 rings (SSSR count). The Morgan fingerprint density at radius 2 is 2.29 bits per heavy atom. The van der Waals surface area contributed by atoms with Gasteiger partial charge in [0.1, 0.15) is 0 Å². The van der Waals surface area contributed by atoms with E-state index in [0.29, 0.717) is 17.3 Å². The summed E-state index contributed by atoms with van der Waals surface area (Å²) in [4.78, 5) is 12.3. The first-order valence-corrected chi connectivity index (χ1v) is 6.76. The number of nitrogens with two attached hydrogens (primary N) is 1. The molecular weight excluding hydrogens is 294 g/mol. The van der Waals surface area contributed by atoms with Crippen LogP contribution < -0.4 is 11.3 Å². The Kier molecular flexibility index (Phi) is 4.32. The second kappa shape index (κ2) is 6.01. The quantitative estimate of drug-likeness (QED) is 0.383. The molecule has 0 aromatic carbocycles. The van der Waals surface area contributed by atoms with Gasteiger partial charge in [0.05, 0.1) is 28.5 Å². The number of hydrogen-bond donors (Lipinski definition) is 2. The Labute approximate surface area is 126 Å². The molecule has 0 aliphatic rings. The molecule has 0 radical (unpaired) electrons. The number of hydrogen-bond acceptors (Lipinski definition) is 4. The average Bonchev–Trinajstić information content (AvgIpc) is 2.76. The first kappa shape index (κ1) is 15.1. The molecule has 0 fully saturated rings. The predicted octanol–water partition coefficient (Wildman–Crippen LogP) is 1.17. The highest BCUT2D eigenvalue weighted by molar-refractivity contribution is 6.31. The van der Waals surface area contributed by atoms with Crippen molar-refractivity contribution in [3.8, 4) is 0 Å². The molecule has 0 aliphatic carbocycles. The number of nitrogens with zero attached hydrogens (tertiary/aromatic N) is 4. The Bertz CT molecular complexity index is 748. The second-order valence-electron chi connectivity index (χ2n) is 4.50. The van der Waals surface area contributed by atoms with Crippen LogP contribution in [0.4, 0.5) is 0 Å². The maximum Gasteiger partial charge on any atom is 0.262 e. The number of pyridine rings is 1. The molecule has 3 N–H and O–H groups in total. The van der Waals surface area contributed by atoms with Crippen molar-refractivity contribution in [3.05, 3.63) is 50.7 Å². The van der Waals surface area contributed by atoms with Crippen LogP contribution in [0.15, 0.2) is 28.3 Å². The number of rotatable bonds is 4. The molecule has 112 valence electrons. The van der Waals surface area contributed by atoms with Crippen molar-refractivity contribution in [1.29, 1.82) is 0 Å². The third-order valence-corrected chi connectivity index (χ3v) is 3.67. The summed E-state index contributed by atoms with van der Waals surface area (Å²) < 4.78 is 3.20. The number of halogens is 1. The zero-order valence-corrected chi connectivity index (χ0v) is 12.5. The van der Waals surface area contributed by atoms with Gasteiger partial charge in [0.25, 0.3) is 5.56 Å². The fourth-order valence-corrected chi connectivity index (χ4v) is 2.29. The van der Waals surface area contributed by atoms with Crippen LogP contribution in [0, 0.1) is 6.92 Å². The van der Waals surface area contributed by atoms with Gasteiger partial charge in [-0.15, -0.1) is 0 Å². The summed E-state index contributed by atoms with van der Waals surface area (Å²) in [6.45, 7) is 4.67. The first-order valence-electron chi connectivity index (χ1n) is 6.38. The summed E-state index contributed by atoms with van der Waals surface area (Å²) in [6.07, 6.45) is 1.62. The SMILES string of the molecule is CCn1nc(C)c(Cl)c1Cn1cccc(/C(N)=N/O)c1=O. The Morgan fingerprint density at radius 1 is 1.57 bits per heavy atom. The topological polar surface area (TPSA) is 98.4 Å². The normalized spacial score (nSPS) is 11.9. The van der Waals surface area contributed by atoms with Crippen LogP contribution in [0.25, 0.3) is 0 Å². The van der Waals surface area contributed by atoms with Gasteiger partial charge in [-0.3, -0.25) is 9.48 Å². The molecule has 0 saturated carbocycles. The summed E-state index contributed by atoms with van der Waals surface area (Å²) in [5, 5.41) is 16.4. The van der Waals surface area contributed by atoms with E-state index in [2.05, 4.69) is 10.3 Å². The zero-order valence-electron chi connectivity index (χ0n) is 11.7. The molecule has 0 unspecified atom stereocenters. The summed E-state index contributed by atoms with van der Waals surface area (Å²) in [5.74, 6) is -0.222.